The summed E-state index contributed by atoms with van der Waals surface area (Å²) in [5.41, 5.74) is 2.36. The second-order valence-electron chi connectivity index (χ2n) is 7.92. The number of ether oxygens (including phenoxy) is 1. The van der Waals surface area contributed by atoms with Crippen molar-refractivity contribution in [2.75, 3.05) is 32.8 Å². The van der Waals surface area contributed by atoms with Crippen LogP contribution >= 0.6 is 0 Å². The maximum absolute atomic E-state index is 12.5. The monoisotopic (exact) mass is 368 g/mol. The van der Waals surface area contributed by atoms with E-state index in [0.717, 1.165) is 43.7 Å². The number of furan rings is 1. The second kappa shape index (κ2) is 7.11. The third-order valence-corrected chi connectivity index (χ3v) is 4.99. The van der Waals surface area contributed by atoms with Gasteiger partial charge in [-0.05, 0) is 19.9 Å². The van der Waals surface area contributed by atoms with Gasteiger partial charge in [0, 0.05) is 30.6 Å². The fraction of sp³-hybridized carbons (Fsp3) is 0.474. The predicted octanol–water partition coefficient (Wildman–Crippen LogP) is 0.128. The lowest BCUT2D eigenvalue weighted by Gasteiger charge is -2.35. The van der Waals surface area contributed by atoms with Crippen LogP contribution in [-0.2, 0) is 11.3 Å². The molecule has 27 heavy (non-hydrogen) atoms. The van der Waals surface area contributed by atoms with E-state index in [1.54, 1.807) is 0 Å². The van der Waals surface area contributed by atoms with E-state index in [0.29, 0.717) is 23.5 Å². The minimum Gasteiger partial charge on any atom is -0.449 e. The van der Waals surface area contributed by atoms with Crippen LogP contribution in [0, 0.1) is 0 Å². The van der Waals surface area contributed by atoms with Crippen LogP contribution in [0.4, 0.5) is 0 Å². The van der Waals surface area contributed by atoms with Crippen LogP contribution in [-0.4, -0.2) is 61.1 Å². The first-order valence-electron chi connectivity index (χ1n) is 9.38. The Balaban J connectivity index is 1.55. The van der Waals surface area contributed by atoms with Gasteiger partial charge in [0.25, 0.3) is 5.56 Å². The molecule has 142 valence electrons. The molecule has 0 aliphatic carbocycles. The molecule has 0 saturated carbocycles. The van der Waals surface area contributed by atoms with Crippen LogP contribution < -0.4 is 16.3 Å². The molecule has 0 radical (unpaired) electrons. The number of aromatic amines is 1. The fourth-order valence-corrected chi connectivity index (χ4v) is 3.60. The molecule has 7 nitrogen and oxygen atoms in total. The highest BCUT2D eigenvalue weighted by Crippen LogP contribution is 2.23. The van der Waals surface area contributed by atoms with Gasteiger partial charge in [-0.15, -0.1) is 0 Å². The summed E-state index contributed by atoms with van der Waals surface area (Å²) < 4.78 is 11.1. The SMILES string of the molecule is Bc1ccc2oc3c(=O)[nH]c(CNC(C)(C)CN4CCOCC4)nc3c2c1. The number of morpholine rings is 1. The third-order valence-electron chi connectivity index (χ3n) is 4.99. The number of nitrogens with one attached hydrogen (secondary N) is 2. The van der Waals surface area contributed by atoms with E-state index in [-0.39, 0.29) is 16.7 Å². The zero-order valence-electron chi connectivity index (χ0n) is 16.1. The van der Waals surface area contributed by atoms with Gasteiger partial charge in [0.1, 0.15) is 24.8 Å². The zero-order chi connectivity index (χ0) is 19.0. The van der Waals surface area contributed by atoms with E-state index < -0.39 is 0 Å². The zero-order valence-corrected chi connectivity index (χ0v) is 16.1. The number of fused-ring (bicyclic) bond motifs is 3. The van der Waals surface area contributed by atoms with E-state index in [4.69, 9.17) is 9.15 Å². The summed E-state index contributed by atoms with van der Waals surface area (Å²) in [4.78, 5) is 22.4. The molecular formula is C19H25BN4O3. The molecule has 0 atom stereocenters. The van der Waals surface area contributed by atoms with Gasteiger partial charge in [0.2, 0.25) is 5.58 Å². The molecule has 1 fully saturated rings. The highest BCUT2D eigenvalue weighted by Gasteiger charge is 2.23. The fourth-order valence-electron chi connectivity index (χ4n) is 3.60. The molecule has 8 heteroatoms. The molecule has 0 bridgehead atoms. The minimum absolute atomic E-state index is 0.111. The highest BCUT2D eigenvalue weighted by molar-refractivity contribution is 6.33. The number of aromatic nitrogens is 2. The number of hydrogen-bond donors (Lipinski definition) is 2. The molecule has 3 aromatic rings. The molecule has 2 N–H and O–H groups in total. The summed E-state index contributed by atoms with van der Waals surface area (Å²) >= 11 is 0. The van der Waals surface area contributed by atoms with Gasteiger partial charge >= 0.3 is 0 Å². The van der Waals surface area contributed by atoms with Gasteiger partial charge < -0.3 is 19.5 Å². The molecule has 0 amide bonds. The molecule has 2 aromatic heterocycles. The lowest BCUT2D eigenvalue weighted by atomic mass is 9.95. The summed E-state index contributed by atoms with van der Waals surface area (Å²) in [5.74, 6) is 0.617. The minimum atomic E-state index is -0.239. The summed E-state index contributed by atoms with van der Waals surface area (Å²) in [7, 11) is 2.02. The van der Waals surface area contributed by atoms with Crippen LogP contribution in [0.15, 0.2) is 27.4 Å². The second-order valence-corrected chi connectivity index (χ2v) is 7.92. The number of rotatable bonds is 5. The van der Waals surface area contributed by atoms with Crippen molar-refractivity contribution in [3.8, 4) is 0 Å². The van der Waals surface area contributed by atoms with Crippen molar-refractivity contribution in [1.29, 1.82) is 0 Å². The van der Waals surface area contributed by atoms with Crippen molar-refractivity contribution >= 4 is 35.4 Å². The first kappa shape index (κ1) is 18.2. The van der Waals surface area contributed by atoms with Gasteiger partial charge in [-0.25, -0.2) is 4.98 Å². The maximum atomic E-state index is 12.5. The Morgan fingerprint density at radius 1 is 1.33 bits per heavy atom. The van der Waals surface area contributed by atoms with E-state index in [1.165, 1.54) is 0 Å². The van der Waals surface area contributed by atoms with Crippen LogP contribution in [0.3, 0.4) is 0 Å². The molecule has 1 aromatic carbocycles. The molecule has 4 rings (SSSR count). The molecular weight excluding hydrogens is 343 g/mol. The number of H-pyrrole nitrogens is 1. The highest BCUT2D eigenvalue weighted by atomic mass is 16.5. The quantitative estimate of drug-likeness (QED) is 0.623. The van der Waals surface area contributed by atoms with Crippen molar-refractivity contribution in [1.82, 2.24) is 20.2 Å². The van der Waals surface area contributed by atoms with Gasteiger partial charge in [-0.1, -0.05) is 17.6 Å². The lowest BCUT2D eigenvalue weighted by Crippen LogP contribution is -2.51. The van der Waals surface area contributed by atoms with E-state index in [9.17, 15) is 4.79 Å². The first-order valence-corrected chi connectivity index (χ1v) is 9.38. The Kier molecular flexibility index (Phi) is 4.80. The van der Waals surface area contributed by atoms with Gasteiger partial charge in [-0.3, -0.25) is 9.69 Å². The predicted molar refractivity (Wildman–Crippen MR) is 108 cm³/mol. The van der Waals surface area contributed by atoms with Crippen molar-refractivity contribution in [2.45, 2.75) is 25.9 Å². The average Bonchev–Trinajstić information content (AvgIpc) is 2.99. The molecule has 0 spiro atoms. The Bertz CT molecular complexity index is 1020. The molecule has 1 aliphatic rings. The van der Waals surface area contributed by atoms with Crippen molar-refractivity contribution in [2.24, 2.45) is 0 Å². The summed E-state index contributed by atoms with van der Waals surface area (Å²) in [6.07, 6.45) is 0. The summed E-state index contributed by atoms with van der Waals surface area (Å²) in [5, 5.41) is 4.40. The molecule has 1 saturated heterocycles. The van der Waals surface area contributed by atoms with Crippen molar-refractivity contribution in [3.05, 3.63) is 34.4 Å². The topological polar surface area (TPSA) is 83.4 Å². The van der Waals surface area contributed by atoms with E-state index in [2.05, 4.69) is 34.0 Å². The van der Waals surface area contributed by atoms with Crippen LogP contribution in [0.5, 0.6) is 0 Å². The standard InChI is InChI=1S/C19H25BN4O3/c1-19(2,11-24-5-7-26-8-6-24)21-10-15-22-16-13-9-12(20)3-4-14(13)27-17(16)18(25)23-15/h3-4,9,21H,5-8,10-11,20H2,1-2H3,(H,22,23,25). The van der Waals surface area contributed by atoms with E-state index >= 15 is 0 Å². The van der Waals surface area contributed by atoms with Crippen LogP contribution in [0.25, 0.3) is 22.1 Å². The Labute approximate surface area is 158 Å². The Morgan fingerprint density at radius 3 is 2.89 bits per heavy atom. The number of benzene rings is 1. The normalized spacial score (nSPS) is 16.4. The smallest absolute Gasteiger partial charge is 0.294 e. The van der Waals surface area contributed by atoms with Crippen molar-refractivity contribution < 1.29 is 9.15 Å². The number of nitrogens with zero attached hydrogens (tertiary/aromatic N) is 2. The Morgan fingerprint density at radius 2 is 2.11 bits per heavy atom. The van der Waals surface area contributed by atoms with Gasteiger partial charge in [-0.2, -0.15) is 0 Å². The average molecular weight is 368 g/mol. The van der Waals surface area contributed by atoms with Crippen molar-refractivity contribution in [3.63, 3.8) is 0 Å². The van der Waals surface area contributed by atoms with Gasteiger partial charge in [0.05, 0.1) is 19.8 Å². The Hall–Kier alpha value is -2.16. The number of hydrogen-bond acceptors (Lipinski definition) is 6. The summed E-state index contributed by atoms with van der Waals surface area (Å²) in [6, 6.07) is 5.86. The lowest BCUT2D eigenvalue weighted by molar-refractivity contribution is 0.0268. The largest absolute Gasteiger partial charge is 0.449 e. The maximum Gasteiger partial charge on any atom is 0.294 e. The van der Waals surface area contributed by atoms with E-state index in [1.807, 2.05) is 26.0 Å². The van der Waals surface area contributed by atoms with Crippen LogP contribution in [0.2, 0.25) is 0 Å². The van der Waals surface area contributed by atoms with Crippen LogP contribution in [0.1, 0.15) is 19.7 Å². The molecule has 1 aliphatic heterocycles. The molecule has 0 unspecified atom stereocenters. The first-order chi connectivity index (χ1) is 12.9. The summed E-state index contributed by atoms with van der Waals surface area (Å²) in [6.45, 7) is 9.20. The van der Waals surface area contributed by atoms with Gasteiger partial charge in [0.15, 0.2) is 0 Å². The molecule has 3 heterocycles. The third kappa shape index (κ3) is 3.92.